The highest BCUT2D eigenvalue weighted by atomic mass is 32.1. The monoisotopic (exact) mass is 397 g/mol. The maximum absolute atomic E-state index is 10.5. The topological polar surface area (TPSA) is 69.4 Å². The fraction of sp³-hybridized carbons (Fsp3) is 0.200. The second-order valence-electron chi connectivity index (χ2n) is 6.43. The molecule has 0 atom stereocenters. The first-order valence-corrected chi connectivity index (χ1v) is 10.3. The lowest BCUT2D eigenvalue weighted by atomic mass is 10.2. The van der Waals surface area contributed by atoms with Crippen LogP contribution in [0.1, 0.15) is 18.9 Å². The molecule has 1 aliphatic heterocycles. The van der Waals surface area contributed by atoms with Gasteiger partial charge in [0.1, 0.15) is 22.4 Å². The maximum Gasteiger partial charge on any atom is 0.139 e. The van der Waals surface area contributed by atoms with Gasteiger partial charge in [-0.25, -0.2) is 4.98 Å². The summed E-state index contributed by atoms with van der Waals surface area (Å²) in [5, 5.41) is 23.7. The molecular weight excluding hydrogens is 378 g/mol. The van der Waals surface area contributed by atoms with E-state index in [0.29, 0.717) is 10.6 Å². The van der Waals surface area contributed by atoms with Gasteiger partial charge in [0.2, 0.25) is 0 Å². The van der Waals surface area contributed by atoms with Crippen molar-refractivity contribution in [3.8, 4) is 16.3 Å². The molecule has 0 unspecified atom stereocenters. The first-order valence-electron chi connectivity index (χ1n) is 8.58. The van der Waals surface area contributed by atoms with E-state index in [-0.39, 0.29) is 24.2 Å². The number of hydrogen-bond acceptors (Lipinski definition) is 6. The number of nitrogens with one attached hydrogen (secondary N) is 1. The van der Waals surface area contributed by atoms with E-state index in [4.69, 9.17) is 10.1 Å². The Morgan fingerprint density at radius 3 is 2.63 bits per heavy atom. The van der Waals surface area contributed by atoms with Gasteiger partial charge in [-0.3, -0.25) is 5.41 Å². The van der Waals surface area contributed by atoms with Crippen LogP contribution in [-0.2, 0) is 0 Å². The molecule has 2 N–H and O–H groups in total. The zero-order chi connectivity index (χ0) is 19.0. The van der Waals surface area contributed by atoms with Gasteiger partial charge in [-0.2, -0.15) is 0 Å². The fourth-order valence-electron chi connectivity index (χ4n) is 2.93. The van der Waals surface area contributed by atoms with E-state index in [1.54, 1.807) is 16.2 Å². The molecule has 1 aromatic carbocycles. The molecule has 0 spiro atoms. The third-order valence-corrected chi connectivity index (χ3v) is 5.87. The largest absolute Gasteiger partial charge is 0.510 e. The highest BCUT2D eigenvalue weighted by Gasteiger charge is 2.31. The van der Waals surface area contributed by atoms with Gasteiger partial charge < -0.3 is 14.7 Å². The molecule has 2 aromatic heterocycles. The highest BCUT2D eigenvalue weighted by molar-refractivity contribution is 7.14. The Hall–Kier alpha value is -2.64. The number of hydrogen-bond donors (Lipinski definition) is 2. The van der Waals surface area contributed by atoms with Crippen molar-refractivity contribution in [2.45, 2.75) is 20.0 Å². The van der Waals surface area contributed by atoms with Crippen molar-refractivity contribution in [3.05, 3.63) is 57.9 Å². The lowest BCUT2D eigenvalue weighted by Crippen LogP contribution is -2.25. The molecule has 7 heteroatoms. The van der Waals surface area contributed by atoms with Crippen molar-refractivity contribution in [3.63, 3.8) is 0 Å². The first kappa shape index (κ1) is 17.8. The molecule has 5 nitrogen and oxygen atoms in total. The van der Waals surface area contributed by atoms with E-state index in [1.807, 2.05) is 61.0 Å². The van der Waals surface area contributed by atoms with Gasteiger partial charge in [-0.1, -0.05) is 6.07 Å². The van der Waals surface area contributed by atoms with E-state index in [0.717, 1.165) is 22.0 Å². The predicted molar refractivity (Wildman–Crippen MR) is 112 cm³/mol. The molecule has 138 valence electrons. The molecule has 0 bridgehead atoms. The van der Waals surface area contributed by atoms with E-state index in [9.17, 15) is 5.11 Å². The summed E-state index contributed by atoms with van der Waals surface area (Å²) in [6, 6.07) is 11.6. The van der Waals surface area contributed by atoms with Crippen LogP contribution in [0.25, 0.3) is 16.1 Å². The van der Waals surface area contributed by atoms with Crippen molar-refractivity contribution in [2.24, 2.45) is 0 Å². The number of rotatable bonds is 5. The summed E-state index contributed by atoms with van der Waals surface area (Å²) in [5.41, 5.74) is 2.23. The Morgan fingerprint density at radius 1 is 1.19 bits per heavy atom. The second-order valence-corrected chi connectivity index (χ2v) is 8.24. The molecule has 1 aliphatic rings. The van der Waals surface area contributed by atoms with Crippen molar-refractivity contribution in [1.82, 2.24) is 4.98 Å². The molecule has 0 saturated carbocycles. The molecule has 0 aliphatic carbocycles. The zero-order valence-corrected chi connectivity index (χ0v) is 16.6. The predicted octanol–water partition coefficient (Wildman–Crippen LogP) is 5.43. The smallest absolute Gasteiger partial charge is 0.139 e. The number of nitrogens with zero attached hydrogens (tertiary/aromatic N) is 2. The fourth-order valence-corrected chi connectivity index (χ4v) is 4.57. The Morgan fingerprint density at radius 2 is 1.96 bits per heavy atom. The summed E-state index contributed by atoms with van der Waals surface area (Å²) in [6.45, 7) is 4.24. The van der Waals surface area contributed by atoms with E-state index >= 15 is 0 Å². The quantitative estimate of drug-likeness (QED) is 0.603. The number of anilines is 1. The summed E-state index contributed by atoms with van der Waals surface area (Å²) in [6.07, 6.45) is 0.112. The van der Waals surface area contributed by atoms with Crippen LogP contribution in [0.4, 0.5) is 5.69 Å². The molecule has 3 heterocycles. The third kappa shape index (κ3) is 3.48. The van der Waals surface area contributed by atoms with Crippen LogP contribution in [0.2, 0.25) is 0 Å². The lowest BCUT2D eigenvalue weighted by Gasteiger charge is -2.19. The van der Waals surface area contributed by atoms with Crippen LogP contribution in [-0.4, -0.2) is 28.6 Å². The Kier molecular flexibility index (Phi) is 4.72. The lowest BCUT2D eigenvalue weighted by molar-refractivity contribution is 0.242. The van der Waals surface area contributed by atoms with Gasteiger partial charge in [-0.15, -0.1) is 22.7 Å². The van der Waals surface area contributed by atoms with Crippen molar-refractivity contribution < 1.29 is 9.84 Å². The minimum atomic E-state index is 0.112. The molecule has 0 fully saturated rings. The van der Waals surface area contributed by atoms with Crippen molar-refractivity contribution in [1.29, 1.82) is 5.41 Å². The number of thiazole rings is 1. The summed E-state index contributed by atoms with van der Waals surface area (Å²) in [7, 11) is 0. The van der Waals surface area contributed by atoms with Crippen molar-refractivity contribution in [2.75, 3.05) is 11.4 Å². The maximum atomic E-state index is 10.5. The Balaban J connectivity index is 1.56. The van der Waals surface area contributed by atoms with E-state index in [1.165, 1.54) is 11.3 Å². The summed E-state index contributed by atoms with van der Waals surface area (Å²) < 4.78 is 5.67. The van der Waals surface area contributed by atoms with Gasteiger partial charge in [-0.05, 0) is 49.6 Å². The number of thiophene rings is 1. The van der Waals surface area contributed by atoms with Gasteiger partial charge in [0.15, 0.2) is 0 Å². The molecule has 4 rings (SSSR count). The van der Waals surface area contributed by atoms with E-state index in [2.05, 4.69) is 4.98 Å². The molecule has 0 amide bonds. The standard InChI is InChI=1S/C20H19N3O2S2/c1-12(2)25-14-7-5-13(6-8-14)23-10-16(24)18(19(23)21)20-22-15(11-27-20)17-4-3-9-26-17/h3-9,11-12,21,24H,10H2,1-2H3. The van der Waals surface area contributed by atoms with Gasteiger partial charge >= 0.3 is 0 Å². The summed E-state index contributed by atoms with van der Waals surface area (Å²) in [4.78, 5) is 7.49. The summed E-state index contributed by atoms with van der Waals surface area (Å²) >= 11 is 3.08. The number of ether oxygens (including phenoxy) is 1. The van der Waals surface area contributed by atoms with Gasteiger partial charge in [0.25, 0.3) is 0 Å². The van der Waals surface area contributed by atoms with Crippen LogP contribution in [0.5, 0.6) is 5.75 Å². The molecular formula is C20H19N3O2S2. The third-order valence-electron chi connectivity index (χ3n) is 4.12. The minimum absolute atomic E-state index is 0.112. The van der Waals surface area contributed by atoms with Crippen LogP contribution >= 0.6 is 22.7 Å². The van der Waals surface area contributed by atoms with Crippen LogP contribution in [0, 0.1) is 5.41 Å². The molecule has 27 heavy (non-hydrogen) atoms. The molecule has 0 saturated heterocycles. The average Bonchev–Trinajstić information content (AvgIpc) is 3.35. The van der Waals surface area contributed by atoms with Crippen LogP contribution < -0.4 is 9.64 Å². The van der Waals surface area contributed by atoms with E-state index < -0.39 is 0 Å². The first-order chi connectivity index (χ1) is 13.0. The number of benzene rings is 1. The SMILES string of the molecule is CC(C)Oc1ccc(N2CC(O)=C(c3nc(-c4cccs4)cs3)C2=N)cc1. The van der Waals surface area contributed by atoms with Crippen LogP contribution in [0.3, 0.4) is 0 Å². The van der Waals surface area contributed by atoms with Gasteiger partial charge in [0.05, 0.1) is 28.8 Å². The molecule has 0 radical (unpaired) electrons. The number of aliphatic hydroxyl groups excluding tert-OH is 1. The van der Waals surface area contributed by atoms with Crippen molar-refractivity contribution >= 4 is 39.8 Å². The average molecular weight is 398 g/mol. The molecule has 3 aromatic rings. The van der Waals surface area contributed by atoms with Crippen LogP contribution in [0.15, 0.2) is 52.9 Å². The Labute approximate surface area is 165 Å². The van der Waals surface area contributed by atoms with Gasteiger partial charge in [0, 0.05) is 11.1 Å². The normalized spacial score (nSPS) is 14.5. The number of aromatic nitrogens is 1. The highest BCUT2D eigenvalue weighted by Crippen LogP contribution is 2.35. The Bertz CT molecular complexity index is 989. The minimum Gasteiger partial charge on any atom is -0.510 e. The zero-order valence-electron chi connectivity index (χ0n) is 15.0. The number of aliphatic hydroxyl groups is 1. The number of amidine groups is 1. The second kappa shape index (κ2) is 7.17. The summed E-state index contributed by atoms with van der Waals surface area (Å²) in [5.74, 6) is 1.23.